The summed E-state index contributed by atoms with van der Waals surface area (Å²) in [5.41, 5.74) is 2.03. The van der Waals surface area contributed by atoms with Gasteiger partial charge in [0.2, 0.25) is 5.91 Å². The summed E-state index contributed by atoms with van der Waals surface area (Å²) < 4.78 is 1.84. The van der Waals surface area contributed by atoms with E-state index < -0.39 is 0 Å². The van der Waals surface area contributed by atoms with Gasteiger partial charge in [-0.3, -0.25) is 9.59 Å². The van der Waals surface area contributed by atoms with Crippen LogP contribution in [0.25, 0.3) is 0 Å². The van der Waals surface area contributed by atoms with Crippen LogP contribution >= 0.6 is 11.6 Å². The molecule has 0 fully saturated rings. The van der Waals surface area contributed by atoms with Crippen molar-refractivity contribution >= 4 is 29.1 Å². The van der Waals surface area contributed by atoms with E-state index in [9.17, 15) is 9.59 Å². The van der Waals surface area contributed by atoms with Crippen LogP contribution in [0, 0.1) is 0 Å². The zero-order valence-corrected chi connectivity index (χ0v) is 16.9. The van der Waals surface area contributed by atoms with Gasteiger partial charge in [-0.1, -0.05) is 36.7 Å². The number of hydrogen-bond acceptors (Lipinski definition) is 3. The van der Waals surface area contributed by atoms with Gasteiger partial charge in [0.1, 0.15) is 0 Å². The molecule has 0 bridgehead atoms. The smallest absolute Gasteiger partial charge is 0.251 e. The first-order valence-corrected chi connectivity index (χ1v) is 9.85. The Morgan fingerprint density at radius 1 is 1.17 bits per heavy atom. The number of benzene rings is 2. The first-order chi connectivity index (χ1) is 14.0. The van der Waals surface area contributed by atoms with E-state index in [1.807, 2.05) is 35.9 Å². The number of hydrogen-bond donors (Lipinski definition) is 2. The lowest BCUT2D eigenvalue weighted by atomic mass is 10.0. The van der Waals surface area contributed by atoms with Gasteiger partial charge in [0, 0.05) is 41.6 Å². The molecule has 0 radical (unpaired) electrons. The third kappa shape index (κ3) is 5.93. The van der Waals surface area contributed by atoms with E-state index in [0.29, 0.717) is 29.2 Å². The molecule has 3 aromatic rings. The fraction of sp³-hybridized carbons (Fsp3) is 0.227. The van der Waals surface area contributed by atoms with Crippen LogP contribution in [0.15, 0.2) is 67.3 Å². The molecule has 0 saturated carbocycles. The molecule has 0 saturated heterocycles. The standard InChI is InChI=1S/C22H23ClN4O2/c1-2-20(16-5-3-7-18(23)13-16)26-22(29)17-6-4-8-19(14-17)25-21(28)9-11-27-12-10-24-15-27/h3-8,10,12-15,20H,2,9,11H2,1H3,(H,25,28)(H,26,29). The fourth-order valence-corrected chi connectivity index (χ4v) is 3.20. The van der Waals surface area contributed by atoms with Crippen LogP contribution in [0.2, 0.25) is 5.02 Å². The predicted molar refractivity (Wildman–Crippen MR) is 114 cm³/mol. The van der Waals surface area contributed by atoms with Crippen molar-refractivity contribution < 1.29 is 9.59 Å². The van der Waals surface area contributed by atoms with Crippen molar-refractivity contribution in [2.24, 2.45) is 0 Å². The van der Waals surface area contributed by atoms with Gasteiger partial charge >= 0.3 is 0 Å². The molecule has 1 atom stereocenters. The second-order valence-corrected chi connectivity index (χ2v) is 7.11. The molecule has 3 rings (SSSR count). The first kappa shape index (κ1) is 20.6. The van der Waals surface area contributed by atoms with Gasteiger partial charge in [-0.05, 0) is 42.3 Å². The van der Waals surface area contributed by atoms with Crippen molar-refractivity contribution in [2.45, 2.75) is 32.4 Å². The highest BCUT2D eigenvalue weighted by molar-refractivity contribution is 6.30. The van der Waals surface area contributed by atoms with Crippen molar-refractivity contribution in [1.82, 2.24) is 14.9 Å². The molecule has 1 heterocycles. The highest BCUT2D eigenvalue weighted by Crippen LogP contribution is 2.21. The van der Waals surface area contributed by atoms with Gasteiger partial charge in [-0.2, -0.15) is 0 Å². The van der Waals surface area contributed by atoms with Gasteiger partial charge < -0.3 is 15.2 Å². The number of carbonyl (C=O) groups excluding carboxylic acids is 2. The number of nitrogens with one attached hydrogen (secondary N) is 2. The van der Waals surface area contributed by atoms with Crippen molar-refractivity contribution in [3.63, 3.8) is 0 Å². The number of rotatable bonds is 8. The summed E-state index contributed by atoms with van der Waals surface area (Å²) in [7, 11) is 0. The SMILES string of the molecule is CCC(NC(=O)c1cccc(NC(=O)CCn2ccnc2)c1)c1cccc(Cl)c1. The first-order valence-electron chi connectivity index (χ1n) is 9.47. The number of imidazole rings is 1. The van der Waals surface area contributed by atoms with Gasteiger partial charge in [-0.25, -0.2) is 4.98 Å². The van der Waals surface area contributed by atoms with Crippen LogP contribution in [0.5, 0.6) is 0 Å². The Bertz CT molecular complexity index is 972. The van der Waals surface area contributed by atoms with E-state index in [1.54, 1.807) is 42.9 Å². The summed E-state index contributed by atoms with van der Waals surface area (Å²) in [6.07, 6.45) is 6.20. The average Bonchev–Trinajstić information content (AvgIpc) is 3.24. The van der Waals surface area contributed by atoms with Crippen molar-refractivity contribution in [3.05, 3.63) is 83.4 Å². The van der Waals surface area contributed by atoms with Crippen molar-refractivity contribution in [3.8, 4) is 0 Å². The van der Waals surface area contributed by atoms with Gasteiger partial charge in [0.25, 0.3) is 5.91 Å². The fourth-order valence-electron chi connectivity index (χ4n) is 3.00. The number of anilines is 1. The molecule has 2 N–H and O–H groups in total. The molecule has 2 amide bonds. The largest absolute Gasteiger partial charge is 0.345 e. The monoisotopic (exact) mass is 410 g/mol. The minimum absolute atomic E-state index is 0.123. The molecule has 1 aromatic heterocycles. The molecule has 0 aliphatic heterocycles. The minimum atomic E-state index is -0.202. The number of aryl methyl sites for hydroxylation is 1. The number of nitrogens with zero attached hydrogens (tertiary/aromatic N) is 2. The zero-order chi connectivity index (χ0) is 20.6. The molecule has 2 aromatic carbocycles. The summed E-state index contributed by atoms with van der Waals surface area (Å²) in [4.78, 5) is 28.8. The molecule has 0 spiro atoms. The van der Waals surface area contributed by atoms with E-state index in [4.69, 9.17) is 11.6 Å². The van der Waals surface area contributed by atoms with Crippen LogP contribution in [-0.4, -0.2) is 21.4 Å². The maximum atomic E-state index is 12.7. The topological polar surface area (TPSA) is 76.0 Å². The summed E-state index contributed by atoms with van der Waals surface area (Å²) in [5.74, 6) is -0.326. The van der Waals surface area contributed by atoms with Gasteiger partial charge in [0.05, 0.1) is 12.4 Å². The molecule has 1 unspecified atom stereocenters. The van der Waals surface area contributed by atoms with Gasteiger partial charge in [-0.15, -0.1) is 0 Å². The number of halogens is 1. The van der Waals surface area contributed by atoms with Crippen LogP contribution in [0.4, 0.5) is 5.69 Å². The Hall–Kier alpha value is -3.12. The Kier molecular flexibility index (Phi) is 7.03. The number of carbonyl (C=O) groups is 2. The lowest BCUT2D eigenvalue weighted by Crippen LogP contribution is -2.28. The second-order valence-electron chi connectivity index (χ2n) is 6.67. The average molecular weight is 411 g/mol. The summed E-state index contributed by atoms with van der Waals surface area (Å²) in [5, 5.41) is 6.50. The maximum absolute atomic E-state index is 12.7. The Balaban J connectivity index is 1.61. The quantitative estimate of drug-likeness (QED) is 0.576. The Morgan fingerprint density at radius 2 is 2.00 bits per heavy atom. The lowest BCUT2D eigenvalue weighted by molar-refractivity contribution is -0.116. The molecule has 29 heavy (non-hydrogen) atoms. The predicted octanol–water partition coefficient (Wildman–Crippen LogP) is 4.45. The van der Waals surface area contributed by atoms with Crippen LogP contribution in [0.1, 0.15) is 41.7 Å². The molecule has 150 valence electrons. The molecule has 0 aliphatic rings. The van der Waals surface area contributed by atoms with E-state index in [1.165, 1.54) is 0 Å². The second kappa shape index (κ2) is 9.89. The third-order valence-corrected chi connectivity index (χ3v) is 4.76. The molecular weight excluding hydrogens is 388 g/mol. The van der Waals surface area contributed by atoms with Crippen molar-refractivity contribution in [2.75, 3.05) is 5.32 Å². The van der Waals surface area contributed by atoms with E-state index in [-0.39, 0.29) is 17.9 Å². The highest BCUT2D eigenvalue weighted by atomic mass is 35.5. The van der Waals surface area contributed by atoms with E-state index >= 15 is 0 Å². The lowest BCUT2D eigenvalue weighted by Gasteiger charge is -2.18. The normalized spacial score (nSPS) is 11.7. The van der Waals surface area contributed by atoms with E-state index in [0.717, 1.165) is 12.0 Å². The van der Waals surface area contributed by atoms with Gasteiger partial charge in [0.15, 0.2) is 0 Å². The molecule has 7 heteroatoms. The summed E-state index contributed by atoms with van der Waals surface area (Å²) in [6.45, 7) is 2.55. The van der Waals surface area contributed by atoms with Crippen LogP contribution in [-0.2, 0) is 11.3 Å². The number of aromatic nitrogens is 2. The summed E-state index contributed by atoms with van der Waals surface area (Å²) >= 11 is 6.07. The third-order valence-electron chi connectivity index (χ3n) is 4.53. The molecule has 0 aliphatic carbocycles. The highest BCUT2D eigenvalue weighted by Gasteiger charge is 2.15. The minimum Gasteiger partial charge on any atom is -0.345 e. The molecular formula is C22H23ClN4O2. The number of amides is 2. The maximum Gasteiger partial charge on any atom is 0.251 e. The molecule has 6 nitrogen and oxygen atoms in total. The Morgan fingerprint density at radius 3 is 2.72 bits per heavy atom. The zero-order valence-electron chi connectivity index (χ0n) is 16.1. The van der Waals surface area contributed by atoms with Crippen molar-refractivity contribution in [1.29, 1.82) is 0 Å². The summed E-state index contributed by atoms with van der Waals surface area (Å²) in [6, 6.07) is 14.2. The Labute approximate surface area is 174 Å². The van der Waals surface area contributed by atoms with Crippen LogP contribution < -0.4 is 10.6 Å². The van der Waals surface area contributed by atoms with Crippen LogP contribution in [0.3, 0.4) is 0 Å². The van der Waals surface area contributed by atoms with E-state index in [2.05, 4.69) is 15.6 Å².